The number of ether oxygens (including phenoxy) is 1. The fraction of sp³-hybridized carbons (Fsp3) is 0.200. The Kier molecular flexibility index (Phi) is 3.46. The molecule has 2 aromatic rings. The van der Waals surface area contributed by atoms with E-state index in [1.165, 1.54) is 23.0 Å². The first kappa shape index (κ1) is 12.6. The van der Waals surface area contributed by atoms with E-state index in [2.05, 4.69) is 15.4 Å². The molecule has 2 rings (SSSR count). The predicted molar refractivity (Wildman–Crippen MR) is 61.6 cm³/mol. The summed E-state index contributed by atoms with van der Waals surface area (Å²) in [6.45, 7) is -0.0724. The van der Waals surface area contributed by atoms with Crippen molar-refractivity contribution in [3.05, 3.63) is 39.7 Å². The smallest absolute Gasteiger partial charge is 0.310 e. The van der Waals surface area contributed by atoms with Gasteiger partial charge in [-0.15, -0.1) is 10.2 Å². The van der Waals surface area contributed by atoms with E-state index in [1.807, 2.05) is 0 Å². The van der Waals surface area contributed by atoms with Crippen molar-refractivity contribution in [3.8, 4) is 5.75 Å². The topological polar surface area (TPSA) is 113 Å². The lowest BCUT2D eigenvalue weighted by Crippen LogP contribution is -2.02. The van der Waals surface area contributed by atoms with Crippen LogP contribution in [0.2, 0.25) is 0 Å². The summed E-state index contributed by atoms with van der Waals surface area (Å²) < 4.78 is 5.26. The van der Waals surface area contributed by atoms with Crippen molar-refractivity contribution in [2.75, 3.05) is 0 Å². The highest BCUT2D eigenvalue weighted by Gasteiger charge is 2.16. The Hall–Kier alpha value is -2.84. The Bertz CT molecular complexity index is 624. The molecule has 0 aliphatic heterocycles. The van der Waals surface area contributed by atoms with Gasteiger partial charge in [0.2, 0.25) is 5.82 Å². The molecule has 0 amide bonds. The van der Waals surface area contributed by atoms with Gasteiger partial charge in [-0.1, -0.05) is 0 Å². The lowest BCUT2D eigenvalue weighted by Gasteiger charge is -2.04. The number of carbonyl (C=O) groups is 1. The first-order valence-electron chi connectivity index (χ1n) is 5.19. The van der Waals surface area contributed by atoms with Crippen molar-refractivity contribution in [2.45, 2.75) is 6.61 Å². The number of nitrogens with zero attached hydrogens (tertiary/aromatic N) is 5. The molecule has 19 heavy (non-hydrogen) atoms. The number of rotatable bonds is 5. The van der Waals surface area contributed by atoms with Crippen LogP contribution in [0.3, 0.4) is 0 Å². The number of carbonyl (C=O) groups excluding carboxylic acids is 1. The van der Waals surface area contributed by atoms with Crippen molar-refractivity contribution < 1.29 is 14.5 Å². The molecule has 0 radical (unpaired) electrons. The minimum Gasteiger partial charge on any atom is -0.478 e. The summed E-state index contributed by atoms with van der Waals surface area (Å²) in [6, 6.07) is 3.85. The number of hydrogen-bond donors (Lipinski definition) is 0. The standard InChI is InChI=1S/C10H9N5O4/c1-14-12-10(11-13-14)6-19-9-4-7(5-16)2-3-8(9)15(17)18/h2-5H,6H2,1H3. The number of aromatic nitrogens is 4. The summed E-state index contributed by atoms with van der Waals surface area (Å²) in [5.41, 5.74) is 0.0576. The molecule has 0 aliphatic rings. The van der Waals surface area contributed by atoms with E-state index >= 15 is 0 Å². The monoisotopic (exact) mass is 263 g/mol. The lowest BCUT2D eigenvalue weighted by molar-refractivity contribution is -0.386. The van der Waals surface area contributed by atoms with Gasteiger partial charge in [-0.25, -0.2) is 0 Å². The van der Waals surface area contributed by atoms with Crippen LogP contribution in [0.4, 0.5) is 5.69 Å². The van der Waals surface area contributed by atoms with Crippen molar-refractivity contribution >= 4 is 12.0 Å². The zero-order valence-electron chi connectivity index (χ0n) is 9.89. The second-order valence-corrected chi connectivity index (χ2v) is 3.59. The third-order valence-corrected chi connectivity index (χ3v) is 2.22. The average molecular weight is 263 g/mol. The molecule has 0 saturated heterocycles. The minimum absolute atomic E-state index is 0.0120. The third-order valence-electron chi connectivity index (χ3n) is 2.22. The van der Waals surface area contributed by atoms with E-state index < -0.39 is 4.92 Å². The number of tetrazole rings is 1. The van der Waals surface area contributed by atoms with Gasteiger partial charge in [0, 0.05) is 11.6 Å². The van der Waals surface area contributed by atoms with Gasteiger partial charge in [0.05, 0.1) is 12.0 Å². The number of benzene rings is 1. The molecule has 98 valence electrons. The molecule has 0 fully saturated rings. The van der Waals surface area contributed by atoms with Gasteiger partial charge in [0.15, 0.2) is 12.4 Å². The first-order chi connectivity index (χ1) is 9.10. The second-order valence-electron chi connectivity index (χ2n) is 3.59. The molecule has 1 aromatic heterocycles. The molecule has 1 heterocycles. The SMILES string of the molecule is Cn1nnc(COc2cc(C=O)ccc2[N+](=O)[O-])n1. The zero-order chi connectivity index (χ0) is 13.8. The number of nitro groups is 1. The number of nitro benzene ring substituents is 1. The molecular formula is C10H9N5O4. The Morgan fingerprint density at radius 1 is 1.53 bits per heavy atom. The molecular weight excluding hydrogens is 254 g/mol. The summed E-state index contributed by atoms with van der Waals surface area (Å²) in [6.07, 6.45) is 0.581. The van der Waals surface area contributed by atoms with Gasteiger partial charge in [0.1, 0.15) is 6.29 Å². The van der Waals surface area contributed by atoms with Crippen LogP contribution in [0.1, 0.15) is 16.2 Å². The maximum absolute atomic E-state index is 10.8. The normalized spacial score (nSPS) is 10.2. The van der Waals surface area contributed by atoms with Gasteiger partial charge >= 0.3 is 5.69 Å². The molecule has 0 saturated carbocycles. The van der Waals surface area contributed by atoms with E-state index in [-0.39, 0.29) is 29.4 Å². The Balaban J connectivity index is 2.22. The summed E-state index contributed by atoms with van der Waals surface area (Å²) in [4.78, 5) is 22.1. The maximum Gasteiger partial charge on any atom is 0.310 e. The Labute approximate surface area is 106 Å². The van der Waals surface area contributed by atoms with E-state index in [0.717, 1.165) is 0 Å². The number of aldehydes is 1. The van der Waals surface area contributed by atoms with E-state index in [1.54, 1.807) is 7.05 Å². The molecule has 1 aromatic carbocycles. The molecule has 0 atom stereocenters. The van der Waals surface area contributed by atoms with Crippen LogP contribution >= 0.6 is 0 Å². The molecule has 0 unspecified atom stereocenters. The molecule has 0 bridgehead atoms. The van der Waals surface area contributed by atoms with E-state index in [9.17, 15) is 14.9 Å². The van der Waals surface area contributed by atoms with E-state index in [4.69, 9.17) is 4.74 Å². The van der Waals surface area contributed by atoms with Crippen LogP contribution in [0, 0.1) is 10.1 Å². The summed E-state index contributed by atoms with van der Waals surface area (Å²) in [5.74, 6) is 0.273. The summed E-state index contributed by atoms with van der Waals surface area (Å²) in [7, 11) is 1.59. The quantitative estimate of drug-likeness (QED) is 0.438. The molecule has 9 heteroatoms. The van der Waals surface area contributed by atoms with Gasteiger partial charge in [-0.3, -0.25) is 14.9 Å². The van der Waals surface area contributed by atoms with Gasteiger partial charge in [-0.2, -0.15) is 4.80 Å². The summed E-state index contributed by atoms with van der Waals surface area (Å²) >= 11 is 0. The highest BCUT2D eigenvalue weighted by Crippen LogP contribution is 2.27. The van der Waals surface area contributed by atoms with Crippen LogP contribution in [0.15, 0.2) is 18.2 Å². The van der Waals surface area contributed by atoms with Crippen molar-refractivity contribution in [2.24, 2.45) is 7.05 Å². The van der Waals surface area contributed by atoms with Crippen LogP contribution in [-0.2, 0) is 13.7 Å². The summed E-state index contributed by atoms with van der Waals surface area (Å²) in [5, 5.41) is 22.0. The predicted octanol–water partition coefficient (Wildman–Crippen LogP) is 0.510. The molecule has 9 nitrogen and oxygen atoms in total. The number of aryl methyl sites for hydroxylation is 1. The molecule has 0 aliphatic carbocycles. The highest BCUT2D eigenvalue weighted by molar-refractivity contribution is 5.76. The Morgan fingerprint density at radius 3 is 2.89 bits per heavy atom. The minimum atomic E-state index is -0.589. The largest absolute Gasteiger partial charge is 0.478 e. The van der Waals surface area contributed by atoms with Crippen molar-refractivity contribution in [1.82, 2.24) is 20.2 Å². The average Bonchev–Trinajstić information content (AvgIpc) is 2.81. The van der Waals surface area contributed by atoms with E-state index in [0.29, 0.717) is 6.29 Å². The maximum atomic E-state index is 10.8. The number of hydrogen-bond acceptors (Lipinski definition) is 7. The second kappa shape index (κ2) is 5.21. The lowest BCUT2D eigenvalue weighted by atomic mass is 10.2. The van der Waals surface area contributed by atoms with Crippen LogP contribution in [0.25, 0.3) is 0 Å². The van der Waals surface area contributed by atoms with Crippen molar-refractivity contribution in [3.63, 3.8) is 0 Å². The zero-order valence-corrected chi connectivity index (χ0v) is 9.89. The van der Waals surface area contributed by atoms with Crippen LogP contribution in [-0.4, -0.2) is 31.4 Å². The first-order valence-corrected chi connectivity index (χ1v) is 5.19. The van der Waals surface area contributed by atoms with Crippen molar-refractivity contribution in [1.29, 1.82) is 0 Å². The third kappa shape index (κ3) is 2.89. The van der Waals surface area contributed by atoms with Gasteiger partial charge in [-0.05, 0) is 17.3 Å². The fourth-order valence-corrected chi connectivity index (χ4v) is 1.39. The van der Waals surface area contributed by atoms with Gasteiger partial charge < -0.3 is 4.74 Å². The fourth-order valence-electron chi connectivity index (χ4n) is 1.39. The van der Waals surface area contributed by atoms with Crippen LogP contribution < -0.4 is 4.74 Å². The van der Waals surface area contributed by atoms with Gasteiger partial charge in [0.25, 0.3) is 0 Å². The Morgan fingerprint density at radius 2 is 2.32 bits per heavy atom. The van der Waals surface area contributed by atoms with Crippen LogP contribution in [0.5, 0.6) is 5.75 Å². The molecule has 0 N–H and O–H groups in total. The highest BCUT2D eigenvalue weighted by atomic mass is 16.6. The molecule has 0 spiro atoms.